The van der Waals surface area contributed by atoms with Crippen LogP contribution in [0.2, 0.25) is 0 Å². The van der Waals surface area contributed by atoms with E-state index in [-0.39, 0.29) is 25.0 Å². The van der Waals surface area contributed by atoms with Gasteiger partial charge in [0.25, 0.3) is 0 Å². The number of aliphatic hydroxyl groups excluding tert-OH is 1. The van der Waals surface area contributed by atoms with Crippen molar-refractivity contribution in [2.45, 2.75) is 25.9 Å². The Bertz CT molecular complexity index is 1300. The molecule has 0 aromatic heterocycles. The third-order valence-corrected chi connectivity index (χ3v) is 5.86. The Hall–Kier alpha value is -4.81. The van der Waals surface area contributed by atoms with Gasteiger partial charge in [-0.15, -0.1) is 0 Å². The van der Waals surface area contributed by atoms with Gasteiger partial charge in [0.05, 0.1) is 29.6 Å². The first-order valence-electron chi connectivity index (χ1n) is 12.5. The van der Waals surface area contributed by atoms with E-state index in [0.717, 1.165) is 5.56 Å². The van der Waals surface area contributed by atoms with E-state index in [0.29, 0.717) is 41.2 Å². The molecular formula is C30H32N4O5. The molecule has 39 heavy (non-hydrogen) atoms. The molecule has 3 aromatic rings. The number of allylic oxidation sites excluding steroid dienone is 1. The highest BCUT2D eigenvalue weighted by atomic mass is 16.6. The summed E-state index contributed by atoms with van der Waals surface area (Å²) in [6.07, 6.45) is 3.22. The van der Waals surface area contributed by atoms with E-state index in [2.05, 4.69) is 10.6 Å². The van der Waals surface area contributed by atoms with Gasteiger partial charge in [0.2, 0.25) is 5.91 Å². The summed E-state index contributed by atoms with van der Waals surface area (Å²) in [5.41, 5.74) is 8.67. The van der Waals surface area contributed by atoms with Gasteiger partial charge in [-0.2, -0.15) is 5.26 Å². The number of nitrogens with zero attached hydrogens (tertiary/aromatic N) is 1. The van der Waals surface area contributed by atoms with Crippen molar-refractivity contribution in [3.8, 4) is 11.8 Å². The zero-order valence-electron chi connectivity index (χ0n) is 21.7. The van der Waals surface area contributed by atoms with Crippen LogP contribution in [0.4, 0.5) is 21.9 Å². The maximum atomic E-state index is 12.8. The zero-order chi connectivity index (χ0) is 28.0. The van der Waals surface area contributed by atoms with Gasteiger partial charge >= 0.3 is 6.09 Å². The van der Waals surface area contributed by atoms with E-state index in [1.54, 1.807) is 66.7 Å². The van der Waals surface area contributed by atoms with Gasteiger partial charge in [0.15, 0.2) is 0 Å². The molecule has 0 aliphatic rings. The van der Waals surface area contributed by atoms with Gasteiger partial charge in [-0.05, 0) is 78.9 Å². The number of nitriles is 1. The number of nitrogen functional groups attached to an aromatic ring is 1. The number of nitrogens with two attached hydrogens (primary N) is 1. The largest absolute Gasteiger partial charge is 0.491 e. The highest BCUT2D eigenvalue weighted by Crippen LogP contribution is 2.31. The highest BCUT2D eigenvalue weighted by Gasteiger charge is 2.24. The number of hydrogen-bond donors (Lipinski definition) is 4. The van der Waals surface area contributed by atoms with Crippen LogP contribution in [-0.4, -0.2) is 30.3 Å². The first kappa shape index (κ1) is 28.8. The minimum Gasteiger partial charge on any atom is -0.491 e. The molecule has 0 radical (unpaired) electrons. The molecule has 9 heteroatoms. The second kappa shape index (κ2) is 14.8. The topological polar surface area (TPSA) is 147 Å². The number of benzene rings is 3. The molecule has 3 aromatic carbocycles. The summed E-state index contributed by atoms with van der Waals surface area (Å²) in [6.45, 7) is 2.05. The third kappa shape index (κ3) is 9.22. The molecule has 0 fully saturated rings. The molecule has 0 saturated heterocycles. The Morgan fingerprint density at radius 3 is 2.44 bits per heavy atom. The highest BCUT2D eigenvalue weighted by molar-refractivity contribution is 6.01. The van der Waals surface area contributed by atoms with Gasteiger partial charge in [0.1, 0.15) is 18.5 Å². The fraction of sp³-hybridized carbons (Fsp3) is 0.233. The van der Waals surface area contributed by atoms with Crippen LogP contribution in [0.25, 0.3) is 0 Å². The Labute approximate surface area is 227 Å². The van der Waals surface area contributed by atoms with Crippen LogP contribution >= 0.6 is 0 Å². The van der Waals surface area contributed by atoms with Crippen LogP contribution in [0.3, 0.4) is 0 Å². The predicted octanol–water partition coefficient (Wildman–Crippen LogP) is 5.41. The van der Waals surface area contributed by atoms with Crippen molar-refractivity contribution in [2.24, 2.45) is 5.92 Å². The Kier molecular flexibility index (Phi) is 10.9. The van der Waals surface area contributed by atoms with E-state index in [1.807, 2.05) is 25.1 Å². The molecule has 0 unspecified atom stereocenters. The van der Waals surface area contributed by atoms with Gasteiger partial charge in [0, 0.05) is 5.69 Å². The number of aliphatic hydroxyl groups is 1. The summed E-state index contributed by atoms with van der Waals surface area (Å²) in [5, 5.41) is 23.4. The van der Waals surface area contributed by atoms with Crippen LogP contribution in [0.15, 0.2) is 84.9 Å². The van der Waals surface area contributed by atoms with Gasteiger partial charge < -0.3 is 25.6 Å². The SMILES string of the molecule is C[C@H](CC/C=C/C(=O)Nc1ccccc1N)[C@@H](OC(=O)Nc1ccc(C#N)cc1)c1ccc(OCCO)cc1. The number of nitrogens with one attached hydrogen (secondary N) is 2. The minimum atomic E-state index is -0.632. The van der Waals surface area contributed by atoms with Gasteiger partial charge in [-0.3, -0.25) is 10.1 Å². The number of rotatable bonds is 12. The first-order chi connectivity index (χ1) is 18.9. The van der Waals surface area contributed by atoms with Crippen LogP contribution in [0.5, 0.6) is 5.75 Å². The molecule has 9 nitrogen and oxygen atoms in total. The van der Waals surface area contributed by atoms with Crippen LogP contribution < -0.4 is 21.1 Å². The quantitative estimate of drug-likeness (QED) is 0.181. The second-order valence-corrected chi connectivity index (χ2v) is 8.81. The Morgan fingerprint density at radius 2 is 1.77 bits per heavy atom. The number of ether oxygens (including phenoxy) is 2. The summed E-state index contributed by atoms with van der Waals surface area (Å²) in [5.74, 6) is 0.209. The van der Waals surface area contributed by atoms with Crippen molar-refractivity contribution in [2.75, 3.05) is 29.6 Å². The zero-order valence-corrected chi connectivity index (χ0v) is 21.7. The molecule has 0 heterocycles. The molecule has 2 atom stereocenters. The fourth-order valence-corrected chi connectivity index (χ4v) is 3.81. The van der Waals surface area contributed by atoms with Crippen molar-refractivity contribution in [3.63, 3.8) is 0 Å². The Balaban J connectivity index is 1.64. The average Bonchev–Trinajstić information content (AvgIpc) is 2.95. The van der Waals surface area contributed by atoms with Gasteiger partial charge in [-0.25, -0.2) is 4.79 Å². The monoisotopic (exact) mass is 528 g/mol. The molecule has 0 aliphatic heterocycles. The van der Waals surface area contributed by atoms with Gasteiger partial charge in [-0.1, -0.05) is 37.3 Å². The standard InChI is InChI=1S/C30H32N4O5/c1-21(6-2-5-9-28(36)34-27-8-4-3-7-26(27)32)29(23-12-16-25(17-13-23)38-19-18-35)39-30(37)33-24-14-10-22(20-31)11-15-24/h3-5,7-17,21,29,35H,2,6,18-19,32H2,1H3,(H,33,37)(H,34,36)/b9-5+/t21-,29-/m1/s1. The lowest BCUT2D eigenvalue weighted by molar-refractivity contribution is -0.111. The molecule has 0 spiro atoms. The van der Waals surface area contributed by atoms with Crippen molar-refractivity contribution in [3.05, 3.63) is 96.1 Å². The number of hydrogen-bond acceptors (Lipinski definition) is 7. The summed E-state index contributed by atoms with van der Waals surface area (Å²) < 4.78 is 11.3. The van der Waals surface area contributed by atoms with E-state index in [1.165, 1.54) is 6.08 Å². The van der Waals surface area contributed by atoms with Crippen molar-refractivity contribution >= 4 is 29.1 Å². The fourth-order valence-electron chi connectivity index (χ4n) is 3.81. The molecule has 3 rings (SSSR count). The van der Waals surface area contributed by atoms with Crippen molar-refractivity contribution < 1.29 is 24.2 Å². The van der Waals surface area contributed by atoms with E-state index < -0.39 is 12.2 Å². The lowest BCUT2D eigenvalue weighted by Gasteiger charge is -2.25. The number of amides is 2. The molecule has 0 saturated carbocycles. The summed E-state index contributed by atoms with van der Waals surface area (Å²) >= 11 is 0. The Morgan fingerprint density at radius 1 is 1.05 bits per heavy atom. The maximum Gasteiger partial charge on any atom is 0.412 e. The predicted molar refractivity (Wildman–Crippen MR) is 150 cm³/mol. The number of para-hydroxylation sites is 2. The third-order valence-electron chi connectivity index (χ3n) is 5.86. The summed E-state index contributed by atoms with van der Waals surface area (Å²) in [4.78, 5) is 25.0. The number of anilines is 3. The van der Waals surface area contributed by atoms with Crippen LogP contribution in [0, 0.1) is 17.2 Å². The molecule has 0 aliphatic carbocycles. The van der Waals surface area contributed by atoms with Crippen molar-refractivity contribution in [1.82, 2.24) is 0 Å². The lowest BCUT2D eigenvalue weighted by atomic mass is 9.93. The molecule has 2 amide bonds. The summed E-state index contributed by atoms with van der Waals surface area (Å²) in [7, 11) is 0. The van der Waals surface area contributed by atoms with Crippen molar-refractivity contribution in [1.29, 1.82) is 5.26 Å². The van der Waals surface area contributed by atoms with Crippen LogP contribution in [0.1, 0.15) is 37.0 Å². The van der Waals surface area contributed by atoms with E-state index in [9.17, 15) is 9.59 Å². The molecule has 202 valence electrons. The summed E-state index contributed by atoms with van der Waals surface area (Å²) in [6, 6.07) is 22.7. The van der Waals surface area contributed by atoms with E-state index in [4.69, 9.17) is 25.6 Å². The normalized spacial score (nSPS) is 12.2. The molecular weight excluding hydrogens is 496 g/mol. The average molecular weight is 529 g/mol. The molecule has 5 N–H and O–H groups in total. The number of carbonyl (C=O) groups excluding carboxylic acids is 2. The molecule has 0 bridgehead atoms. The second-order valence-electron chi connectivity index (χ2n) is 8.81. The maximum absolute atomic E-state index is 12.8. The van der Waals surface area contributed by atoms with E-state index >= 15 is 0 Å². The minimum absolute atomic E-state index is 0.0929. The first-order valence-corrected chi connectivity index (χ1v) is 12.5. The van der Waals surface area contributed by atoms with Crippen LogP contribution in [-0.2, 0) is 9.53 Å². The number of carbonyl (C=O) groups is 2. The lowest BCUT2D eigenvalue weighted by Crippen LogP contribution is -2.22. The smallest absolute Gasteiger partial charge is 0.412 e.